The van der Waals surface area contributed by atoms with Crippen LogP contribution in [0.3, 0.4) is 0 Å². The Labute approximate surface area is 112 Å². The van der Waals surface area contributed by atoms with E-state index in [1.54, 1.807) is 13.3 Å². The highest BCUT2D eigenvalue weighted by Gasteiger charge is 2.12. The zero-order valence-electron chi connectivity index (χ0n) is 11.1. The van der Waals surface area contributed by atoms with Gasteiger partial charge in [0.05, 0.1) is 12.2 Å². The second kappa shape index (κ2) is 6.15. The number of anilines is 1. The molecule has 2 aromatic rings. The van der Waals surface area contributed by atoms with Gasteiger partial charge in [0, 0.05) is 32.3 Å². The molecule has 0 aliphatic carbocycles. The zero-order chi connectivity index (χ0) is 13.7. The summed E-state index contributed by atoms with van der Waals surface area (Å²) in [7, 11) is 3.41. The van der Waals surface area contributed by atoms with E-state index in [4.69, 9.17) is 4.74 Å². The number of carbonyl (C=O) groups is 1. The molecule has 0 bridgehead atoms. The Bertz CT molecular complexity index is 584. The number of hydrogen-bond donors (Lipinski definition) is 2. The number of ether oxygens (including phenoxy) is 1. The van der Waals surface area contributed by atoms with E-state index in [-0.39, 0.29) is 5.91 Å². The summed E-state index contributed by atoms with van der Waals surface area (Å²) in [5.74, 6) is 0.632. The molecule has 100 valence electrons. The largest absolute Gasteiger partial charge is 0.383 e. The summed E-state index contributed by atoms with van der Waals surface area (Å²) in [6.45, 7) is 0.975. The Morgan fingerprint density at radius 3 is 2.74 bits per heavy atom. The summed E-state index contributed by atoms with van der Waals surface area (Å²) >= 11 is 0. The predicted octanol–water partition coefficient (Wildman–Crippen LogP) is 1.65. The zero-order valence-corrected chi connectivity index (χ0v) is 11.1. The van der Waals surface area contributed by atoms with Gasteiger partial charge in [0.25, 0.3) is 5.91 Å². The second-order valence-corrected chi connectivity index (χ2v) is 4.06. The molecule has 1 amide bonds. The van der Waals surface area contributed by atoms with E-state index in [1.807, 2.05) is 31.3 Å². The normalized spacial score (nSPS) is 10.4. The number of carbonyl (C=O) groups excluding carboxylic acids is 1. The molecule has 1 aromatic heterocycles. The van der Waals surface area contributed by atoms with Gasteiger partial charge in [0.15, 0.2) is 0 Å². The van der Waals surface area contributed by atoms with Crippen molar-refractivity contribution in [3.8, 4) is 0 Å². The lowest BCUT2D eigenvalue weighted by Gasteiger charge is -2.10. The van der Waals surface area contributed by atoms with Gasteiger partial charge < -0.3 is 15.4 Å². The van der Waals surface area contributed by atoms with Gasteiger partial charge in [-0.05, 0) is 5.39 Å². The van der Waals surface area contributed by atoms with Crippen LogP contribution in [0.2, 0.25) is 0 Å². The molecule has 0 unspecified atom stereocenters. The lowest BCUT2D eigenvalue weighted by molar-refractivity contribution is 0.0938. The summed E-state index contributed by atoms with van der Waals surface area (Å²) in [6.07, 6.45) is 1.59. The third-order valence-corrected chi connectivity index (χ3v) is 2.87. The maximum Gasteiger partial charge on any atom is 0.253 e. The number of nitrogens with zero attached hydrogens (tertiary/aromatic N) is 1. The van der Waals surface area contributed by atoms with Crippen molar-refractivity contribution in [2.24, 2.45) is 0 Å². The van der Waals surface area contributed by atoms with Crippen molar-refractivity contribution < 1.29 is 9.53 Å². The molecule has 0 aliphatic heterocycles. The highest BCUT2D eigenvalue weighted by Crippen LogP contribution is 2.23. The first-order valence-electron chi connectivity index (χ1n) is 6.10. The quantitative estimate of drug-likeness (QED) is 0.801. The van der Waals surface area contributed by atoms with Crippen molar-refractivity contribution in [2.45, 2.75) is 0 Å². The van der Waals surface area contributed by atoms with Crippen molar-refractivity contribution in [3.05, 3.63) is 36.0 Å². The number of rotatable bonds is 5. The first-order chi connectivity index (χ1) is 9.27. The number of methoxy groups -OCH3 is 1. The third-order valence-electron chi connectivity index (χ3n) is 2.87. The molecular weight excluding hydrogens is 242 g/mol. The van der Waals surface area contributed by atoms with E-state index < -0.39 is 0 Å². The Morgan fingerprint density at radius 1 is 1.32 bits per heavy atom. The van der Waals surface area contributed by atoms with Crippen LogP contribution < -0.4 is 10.6 Å². The van der Waals surface area contributed by atoms with Gasteiger partial charge in [0.2, 0.25) is 0 Å². The van der Waals surface area contributed by atoms with Gasteiger partial charge in [-0.2, -0.15) is 0 Å². The number of fused-ring (bicyclic) bond motifs is 1. The fraction of sp³-hybridized carbons (Fsp3) is 0.286. The smallest absolute Gasteiger partial charge is 0.253 e. The Kier molecular flexibility index (Phi) is 4.30. The van der Waals surface area contributed by atoms with Crippen LogP contribution in [0.1, 0.15) is 10.4 Å². The lowest BCUT2D eigenvalue weighted by atomic mass is 10.1. The molecule has 19 heavy (non-hydrogen) atoms. The minimum absolute atomic E-state index is 0.136. The molecule has 5 heteroatoms. The van der Waals surface area contributed by atoms with Crippen molar-refractivity contribution in [2.75, 3.05) is 32.6 Å². The minimum atomic E-state index is -0.136. The standard InChI is InChI=1S/C14H17N3O2/c1-15-13-11-6-4-3-5-10(11)12(9-17-13)14(18)16-7-8-19-2/h3-6,9H,7-8H2,1-2H3,(H,15,17)(H,16,18). The number of hydrogen-bond acceptors (Lipinski definition) is 4. The van der Waals surface area contributed by atoms with Crippen molar-refractivity contribution in [3.63, 3.8) is 0 Å². The fourth-order valence-electron chi connectivity index (χ4n) is 1.93. The summed E-state index contributed by atoms with van der Waals surface area (Å²) in [6, 6.07) is 7.70. The molecule has 2 rings (SSSR count). The van der Waals surface area contributed by atoms with E-state index in [0.717, 1.165) is 16.6 Å². The number of benzene rings is 1. The first-order valence-corrected chi connectivity index (χ1v) is 6.10. The van der Waals surface area contributed by atoms with Crippen LogP contribution in [0.15, 0.2) is 30.5 Å². The lowest BCUT2D eigenvalue weighted by Crippen LogP contribution is -2.27. The summed E-state index contributed by atoms with van der Waals surface area (Å²) in [5.41, 5.74) is 0.575. The molecule has 0 radical (unpaired) electrons. The molecule has 0 saturated carbocycles. The molecule has 0 atom stereocenters. The Balaban J connectivity index is 2.36. The number of aromatic nitrogens is 1. The second-order valence-electron chi connectivity index (χ2n) is 4.06. The van der Waals surface area contributed by atoms with E-state index in [2.05, 4.69) is 15.6 Å². The summed E-state index contributed by atoms with van der Waals surface area (Å²) < 4.78 is 4.91. The average Bonchev–Trinajstić information content (AvgIpc) is 2.46. The van der Waals surface area contributed by atoms with Crippen LogP contribution in [0.4, 0.5) is 5.82 Å². The van der Waals surface area contributed by atoms with Crippen LogP contribution in [0, 0.1) is 0 Å². The molecule has 1 aromatic carbocycles. The maximum absolute atomic E-state index is 12.1. The molecule has 0 saturated heterocycles. The number of pyridine rings is 1. The fourth-order valence-corrected chi connectivity index (χ4v) is 1.93. The van der Waals surface area contributed by atoms with Crippen LogP contribution >= 0.6 is 0 Å². The van der Waals surface area contributed by atoms with Gasteiger partial charge in [-0.3, -0.25) is 4.79 Å². The van der Waals surface area contributed by atoms with E-state index in [9.17, 15) is 4.79 Å². The van der Waals surface area contributed by atoms with Crippen molar-refractivity contribution in [1.29, 1.82) is 0 Å². The van der Waals surface area contributed by atoms with Crippen molar-refractivity contribution in [1.82, 2.24) is 10.3 Å². The molecule has 0 fully saturated rings. The van der Waals surface area contributed by atoms with E-state index in [0.29, 0.717) is 18.7 Å². The van der Waals surface area contributed by atoms with Gasteiger partial charge in [-0.15, -0.1) is 0 Å². The summed E-state index contributed by atoms with van der Waals surface area (Å²) in [4.78, 5) is 16.4. The topological polar surface area (TPSA) is 63.2 Å². The molecule has 0 aliphatic rings. The van der Waals surface area contributed by atoms with Crippen LogP contribution in [-0.2, 0) is 4.74 Å². The molecule has 5 nitrogen and oxygen atoms in total. The van der Waals surface area contributed by atoms with Crippen LogP contribution in [0.25, 0.3) is 10.8 Å². The number of nitrogens with one attached hydrogen (secondary N) is 2. The molecular formula is C14H17N3O2. The Morgan fingerprint density at radius 2 is 2.05 bits per heavy atom. The SMILES string of the molecule is CNc1ncc(C(=O)NCCOC)c2ccccc12. The first kappa shape index (κ1) is 13.3. The Hall–Kier alpha value is -2.14. The predicted molar refractivity (Wildman–Crippen MR) is 75.5 cm³/mol. The monoisotopic (exact) mass is 259 g/mol. The summed E-state index contributed by atoms with van der Waals surface area (Å²) in [5, 5.41) is 7.65. The molecule has 0 spiro atoms. The third kappa shape index (κ3) is 2.82. The molecule has 1 heterocycles. The highest BCUT2D eigenvalue weighted by atomic mass is 16.5. The van der Waals surface area contributed by atoms with Gasteiger partial charge >= 0.3 is 0 Å². The van der Waals surface area contributed by atoms with E-state index in [1.165, 1.54) is 0 Å². The molecule has 2 N–H and O–H groups in total. The van der Waals surface area contributed by atoms with Gasteiger partial charge in [-0.1, -0.05) is 24.3 Å². The van der Waals surface area contributed by atoms with Crippen molar-refractivity contribution >= 4 is 22.5 Å². The average molecular weight is 259 g/mol. The van der Waals surface area contributed by atoms with Gasteiger partial charge in [-0.25, -0.2) is 4.98 Å². The number of amides is 1. The highest BCUT2D eigenvalue weighted by molar-refractivity contribution is 6.09. The van der Waals surface area contributed by atoms with E-state index >= 15 is 0 Å². The van der Waals surface area contributed by atoms with Crippen LogP contribution in [-0.4, -0.2) is 38.2 Å². The minimum Gasteiger partial charge on any atom is -0.383 e. The van der Waals surface area contributed by atoms with Gasteiger partial charge in [0.1, 0.15) is 5.82 Å². The maximum atomic E-state index is 12.1. The van der Waals surface area contributed by atoms with Crippen LogP contribution in [0.5, 0.6) is 0 Å².